The van der Waals surface area contributed by atoms with Crippen LogP contribution in [-0.4, -0.2) is 34.9 Å². The van der Waals surface area contributed by atoms with Crippen molar-refractivity contribution in [1.82, 2.24) is 4.98 Å². The third kappa shape index (κ3) is 4.20. The van der Waals surface area contributed by atoms with Gasteiger partial charge in [0.2, 0.25) is 0 Å². The molecular formula is C9H11ClN2O2. The maximum Gasteiger partial charge on any atom is 0.144 e. The summed E-state index contributed by atoms with van der Waals surface area (Å²) in [5, 5.41) is 12.7. The normalized spacial score (nSPS) is 13.0. The molecule has 0 bridgehead atoms. The Morgan fingerprint density at radius 1 is 1.71 bits per heavy atom. The molecule has 0 amide bonds. The Balaban J connectivity index is 2.28. The zero-order valence-corrected chi connectivity index (χ0v) is 8.26. The third-order valence-corrected chi connectivity index (χ3v) is 1.76. The number of alkyl halides is 1. The second kappa shape index (κ2) is 6.34. The Kier molecular flexibility index (Phi) is 4.96. The van der Waals surface area contributed by atoms with Crippen LogP contribution in [0.15, 0.2) is 29.7 Å². The molecule has 0 spiro atoms. The number of aromatic nitrogens is 1. The first-order valence-corrected chi connectivity index (χ1v) is 4.66. The molecule has 0 saturated carbocycles. The summed E-state index contributed by atoms with van der Waals surface area (Å²) in [6.45, 7) is 0.0975. The number of hydrogen-bond donors (Lipinski definition) is 1. The van der Waals surface area contributed by atoms with Crippen LogP contribution in [0.25, 0.3) is 0 Å². The van der Waals surface area contributed by atoms with E-state index in [1.165, 1.54) is 6.21 Å². The smallest absolute Gasteiger partial charge is 0.144 e. The van der Waals surface area contributed by atoms with Gasteiger partial charge in [0, 0.05) is 18.0 Å². The summed E-state index contributed by atoms with van der Waals surface area (Å²) >= 11 is 5.36. The van der Waals surface area contributed by atoms with Crippen LogP contribution in [0.5, 0.6) is 0 Å². The Bertz CT molecular complexity index is 279. The fourth-order valence-corrected chi connectivity index (χ4v) is 0.813. The van der Waals surface area contributed by atoms with E-state index < -0.39 is 6.10 Å². The lowest BCUT2D eigenvalue weighted by Gasteiger charge is -2.02. The summed E-state index contributed by atoms with van der Waals surface area (Å²) in [6.07, 6.45) is 4.18. The lowest BCUT2D eigenvalue weighted by Crippen LogP contribution is -2.14. The van der Waals surface area contributed by atoms with Gasteiger partial charge in [-0.25, -0.2) is 0 Å². The molecule has 0 aliphatic heterocycles. The molecular weight excluding hydrogens is 204 g/mol. The number of aliphatic hydroxyl groups is 1. The highest BCUT2D eigenvalue weighted by atomic mass is 35.5. The second-order valence-corrected chi connectivity index (χ2v) is 2.93. The van der Waals surface area contributed by atoms with Crippen LogP contribution < -0.4 is 0 Å². The SMILES string of the molecule is OC(CCl)CO/N=C/c1cccnc1. The summed E-state index contributed by atoms with van der Waals surface area (Å²) in [5.41, 5.74) is 0.841. The molecule has 0 aromatic carbocycles. The standard InChI is InChI=1S/C9H11ClN2O2/c10-4-9(13)7-14-12-6-8-2-1-3-11-5-8/h1-3,5-6,9,13H,4,7H2/b12-6+. The highest BCUT2D eigenvalue weighted by Crippen LogP contribution is 1.92. The Morgan fingerprint density at radius 2 is 2.57 bits per heavy atom. The molecule has 1 heterocycles. The van der Waals surface area contributed by atoms with Crippen molar-refractivity contribution in [2.45, 2.75) is 6.10 Å². The van der Waals surface area contributed by atoms with E-state index in [9.17, 15) is 0 Å². The molecule has 1 aromatic rings. The molecule has 1 rings (SSSR count). The predicted octanol–water partition coefficient (Wildman–Crippen LogP) is 1.03. The van der Waals surface area contributed by atoms with Gasteiger partial charge < -0.3 is 9.94 Å². The number of hydrogen-bond acceptors (Lipinski definition) is 4. The molecule has 1 unspecified atom stereocenters. The largest absolute Gasteiger partial charge is 0.393 e. The minimum absolute atomic E-state index is 0.0975. The number of pyridine rings is 1. The first-order valence-electron chi connectivity index (χ1n) is 4.12. The zero-order valence-electron chi connectivity index (χ0n) is 7.51. The Labute approximate surface area is 87.2 Å². The van der Waals surface area contributed by atoms with E-state index >= 15 is 0 Å². The van der Waals surface area contributed by atoms with Gasteiger partial charge >= 0.3 is 0 Å². The molecule has 76 valence electrons. The van der Waals surface area contributed by atoms with Gasteiger partial charge in [-0.1, -0.05) is 11.2 Å². The Hall–Kier alpha value is -1.13. The number of nitrogens with zero attached hydrogens (tertiary/aromatic N) is 2. The van der Waals surface area contributed by atoms with Crippen molar-refractivity contribution in [2.75, 3.05) is 12.5 Å². The lowest BCUT2D eigenvalue weighted by atomic mass is 10.3. The van der Waals surface area contributed by atoms with Crippen molar-refractivity contribution in [1.29, 1.82) is 0 Å². The second-order valence-electron chi connectivity index (χ2n) is 2.62. The van der Waals surface area contributed by atoms with Gasteiger partial charge in [-0.2, -0.15) is 0 Å². The van der Waals surface area contributed by atoms with Gasteiger partial charge in [-0.15, -0.1) is 11.6 Å². The van der Waals surface area contributed by atoms with Crippen molar-refractivity contribution in [3.63, 3.8) is 0 Å². The maximum absolute atomic E-state index is 9.01. The van der Waals surface area contributed by atoms with Gasteiger partial charge in [0.25, 0.3) is 0 Å². The van der Waals surface area contributed by atoms with Gasteiger partial charge in [-0.3, -0.25) is 4.98 Å². The molecule has 1 aromatic heterocycles. The van der Waals surface area contributed by atoms with E-state index in [1.54, 1.807) is 18.5 Å². The summed E-state index contributed by atoms with van der Waals surface area (Å²) in [5.74, 6) is 0.141. The minimum atomic E-state index is -0.678. The van der Waals surface area contributed by atoms with Gasteiger partial charge in [0.05, 0.1) is 12.1 Å². The number of oxime groups is 1. The zero-order chi connectivity index (χ0) is 10.2. The first-order chi connectivity index (χ1) is 6.83. The molecule has 1 atom stereocenters. The fourth-order valence-electron chi connectivity index (χ4n) is 0.724. The van der Waals surface area contributed by atoms with Crippen LogP contribution in [0.1, 0.15) is 5.56 Å². The van der Waals surface area contributed by atoms with Crippen molar-refractivity contribution in [3.05, 3.63) is 30.1 Å². The van der Waals surface area contributed by atoms with Crippen molar-refractivity contribution in [3.8, 4) is 0 Å². The molecule has 0 fully saturated rings. The molecule has 1 N–H and O–H groups in total. The van der Waals surface area contributed by atoms with Crippen LogP contribution >= 0.6 is 11.6 Å². The molecule has 4 nitrogen and oxygen atoms in total. The Morgan fingerprint density at radius 3 is 3.21 bits per heavy atom. The van der Waals surface area contributed by atoms with E-state index in [2.05, 4.69) is 10.1 Å². The van der Waals surface area contributed by atoms with Gasteiger partial charge in [0.15, 0.2) is 0 Å². The number of rotatable bonds is 5. The average molecular weight is 215 g/mol. The quantitative estimate of drug-likeness (QED) is 0.453. The molecule has 0 aliphatic carbocycles. The fraction of sp³-hybridized carbons (Fsp3) is 0.333. The van der Waals surface area contributed by atoms with E-state index in [1.807, 2.05) is 6.07 Å². The molecule has 0 aliphatic rings. The molecule has 14 heavy (non-hydrogen) atoms. The van der Waals surface area contributed by atoms with Crippen molar-refractivity contribution < 1.29 is 9.94 Å². The summed E-state index contributed by atoms with van der Waals surface area (Å²) in [6, 6.07) is 3.65. The van der Waals surface area contributed by atoms with Gasteiger partial charge in [-0.05, 0) is 6.07 Å². The first kappa shape index (κ1) is 10.9. The summed E-state index contributed by atoms with van der Waals surface area (Å²) in [7, 11) is 0. The lowest BCUT2D eigenvalue weighted by molar-refractivity contribution is 0.0526. The highest BCUT2D eigenvalue weighted by Gasteiger charge is 2.00. The highest BCUT2D eigenvalue weighted by molar-refractivity contribution is 6.18. The molecule has 5 heteroatoms. The number of halogens is 1. The van der Waals surface area contributed by atoms with Crippen LogP contribution in [0.2, 0.25) is 0 Å². The van der Waals surface area contributed by atoms with E-state index in [-0.39, 0.29) is 12.5 Å². The minimum Gasteiger partial charge on any atom is -0.393 e. The van der Waals surface area contributed by atoms with Crippen molar-refractivity contribution in [2.24, 2.45) is 5.16 Å². The monoisotopic (exact) mass is 214 g/mol. The molecule has 0 saturated heterocycles. The topological polar surface area (TPSA) is 54.7 Å². The van der Waals surface area contributed by atoms with Crippen molar-refractivity contribution >= 4 is 17.8 Å². The number of aliphatic hydroxyl groups excluding tert-OH is 1. The van der Waals surface area contributed by atoms with Crippen LogP contribution in [-0.2, 0) is 4.84 Å². The van der Waals surface area contributed by atoms with E-state index in [0.717, 1.165) is 5.56 Å². The third-order valence-electron chi connectivity index (χ3n) is 1.41. The summed E-state index contributed by atoms with van der Waals surface area (Å²) in [4.78, 5) is 8.69. The average Bonchev–Trinajstić information content (AvgIpc) is 2.25. The van der Waals surface area contributed by atoms with Crippen LogP contribution in [0.4, 0.5) is 0 Å². The van der Waals surface area contributed by atoms with Gasteiger partial charge in [0.1, 0.15) is 12.7 Å². The van der Waals surface area contributed by atoms with E-state index in [0.29, 0.717) is 0 Å². The van der Waals surface area contributed by atoms with Crippen LogP contribution in [0.3, 0.4) is 0 Å². The predicted molar refractivity (Wildman–Crippen MR) is 54.5 cm³/mol. The maximum atomic E-state index is 9.01. The summed E-state index contributed by atoms with van der Waals surface area (Å²) < 4.78 is 0. The van der Waals surface area contributed by atoms with Crippen LogP contribution in [0, 0.1) is 0 Å². The van der Waals surface area contributed by atoms with E-state index in [4.69, 9.17) is 21.5 Å². The molecule has 0 radical (unpaired) electrons.